The molecule has 1 rings (SSSR count). The Morgan fingerprint density at radius 2 is 1.89 bits per heavy atom. The number of hydrogen-bond acceptors (Lipinski definition) is 3. The third kappa shape index (κ3) is 11.4. The molecule has 0 aromatic rings. The van der Waals surface area contributed by atoms with Crippen molar-refractivity contribution in [2.24, 2.45) is 5.92 Å². The van der Waals surface area contributed by atoms with Gasteiger partial charge in [0.05, 0.1) is 12.7 Å². The molecule has 1 unspecified atom stereocenters. The summed E-state index contributed by atoms with van der Waals surface area (Å²) in [5.41, 5.74) is 0. The van der Waals surface area contributed by atoms with Crippen LogP contribution in [0.5, 0.6) is 0 Å². The van der Waals surface area contributed by atoms with E-state index in [2.05, 4.69) is 12.2 Å². The van der Waals surface area contributed by atoms with E-state index in [9.17, 15) is 5.11 Å². The summed E-state index contributed by atoms with van der Waals surface area (Å²) >= 11 is 0. The van der Waals surface area contributed by atoms with Gasteiger partial charge in [-0.05, 0) is 25.3 Å². The standard InChI is InChI=1S/C16H33NO2/c1-2-3-4-5-6-7-12-19-14-16(18)13-17-11-10-15-8-9-15/h15-18H,2-14H2,1H3. The van der Waals surface area contributed by atoms with E-state index in [4.69, 9.17) is 4.74 Å². The van der Waals surface area contributed by atoms with Crippen molar-refractivity contribution in [2.45, 2.75) is 70.8 Å². The molecule has 1 saturated carbocycles. The lowest BCUT2D eigenvalue weighted by atomic mass is 10.1. The van der Waals surface area contributed by atoms with Gasteiger partial charge in [-0.3, -0.25) is 0 Å². The number of unbranched alkanes of at least 4 members (excludes halogenated alkanes) is 5. The molecule has 19 heavy (non-hydrogen) atoms. The Labute approximate surface area is 119 Å². The van der Waals surface area contributed by atoms with E-state index < -0.39 is 0 Å². The molecule has 0 aromatic heterocycles. The second-order valence-electron chi connectivity index (χ2n) is 5.93. The fraction of sp³-hybridized carbons (Fsp3) is 1.00. The Balaban J connectivity index is 1.72. The molecule has 0 saturated heterocycles. The van der Waals surface area contributed by atoms with E-state index in [0.29, 0.717) is 13.2 Å². The first-order valence-electron chi connectivity index (χ1n) is 8.29. The average Bonchev–Trinajstić information content (AvgIpc) is 3.22. The Bertz CT molecular complexity index is 195. The molecule has 0 amide bonds. The van der Waals surface area contributed by atoms with Gasteiger partial charge >= 0.3 is 0 Å². The van der Waals surface area contributed by atoms with Crippen LogP contribution in [0.1, 0.15) is 64.7 Å². The van der Waals surface area contributed by atoms with Crippen molar-refractivity contribution in [3.63, 3.8) is 0 Å². The minimum absolute atomic E-state index is 0.348. The average molecular weight is 271 g/mol. The molecular formula is C16H33NO2. The summed E-state index contributed by atoms with van der Waals surface area (Å²) in [4.78, 5) is 0. The van der Waals surface area contributed by atoms with Crippen LogP contribution in [0, 0.1) is 5.92 Å². The highest BCUT2D eigenvalue weighted by Gasteiger charge is 2.20. The molecule has 0 radical (unpaired) electrons. The maximum atomic E-state index is 9.72. The predicted octanol–water partition coefficient (Wildman–Crippen LogP) is 3.11. The quantitative estimate of drug-likeness (QED) is 0.477. The number of ether oxygens (including phenoxy) is 1. The van der Waals surface area contributed by atoms with Crippen molar-refractivity contribution >= 4 is 0 Å². The van der Waals surface area contributed by atoms with Crippen LogP contribution in [0.15, 0.2) is 0 Å². The predicted molar refractivity (Wildman–Crippen MR) is 80.4 cm³/mol. The fourth-order valence-corrected chi connectivity index (χ4v) is 2.24. The zero-order valence-corrected chi connectivity index (χ0v) is 12.7. The van der Waals surface area contributed by atoms with Crippen LogP contribution < -0.4 is 5.32 Å². The Kier molecular flexibility index (Phi) is 10.4. The normalized spacial score (nSPS) is 16.7. The Morgan fingerprint density at radius 3 is 2.63 bits per heavy atom. The van der Waals surface area contributed by atoms with E-state index in [1.165, 1.54) is 51.4 Å². The first-order valence-corrected chi connectivity index (χ1v) is 8.29. The summed E-state index contributed by atoms with van der Waals surface area (Å²) in [6.07, 6.45) is 11.5. The molecule has 3 nitrogen and oxygen atoms in total. The zero-order valence-electron chi connectivity index (χ0n) is 12.7. The van der Waals surface area contributed by atoms with E-state index in [1.54, 1.807) is 0 Å². The number of hydrogen-bond donors (Lipinski definition) is 2. The van der Waals surface area contributed by atoms with Crippen LogP contribution in [0.3, 0.4) is 0 Å². The molecule has 0 bridgehead atoms. The number of aliphatic hydroxyl groups is 1. The molecule has 1 aliphatic carbocycles. The lowest BCUT2D eigenvalue weighted by Crippen LogP contribution is -2.31. The second-order valence-corrected chi connectivity index (χ2v) is 5.93. The van der Waals surface area contributed by atoms with E-state index in [-0.39, 0.29) is 6.10 Å². The highest BCUT2D eigenvalue weighted by molar-refractivity contribution is 4.74. The van der Waals surface area contributed by atoms with E-state index in [0.717, 1.165) is 25.5 Å². The number of nitrogens with one attached hydrogen (secondary N) is 1. The van der Waals surface area contributed by atoms with Crippen molar-refractivity contribution in [3.05, 3.63) is 0 Å². The summed E-state index contributed by atoms with van der Waals surface area (Å²) < 4.78 is 5.50. The number of rotatable bonds is 14. The van der Waals surface area contributed by atoms with Gasteiger partial charge in [0.25, 0.3) is 0 Å². The maximum absolute atomic E-state index is 9.72. The van der Waals surface area contributed by atoms with Crippen LogP contribution in [0.4, 0.5) is 0 Å². The van der Waals surface area contributed by atoms with Crippen LogP contribution in [-0.4, -0.2) is 37.5 Å². The van der Waals surface area contributed by atoms with E-state index >= 15 is 0 Å². The van der Waals surface area contributed by atoms with Gasteiger partial charge in [-0.2, -0.15) is 0 Å². The largest absolute Gasteiger partial charge is 0.389 e. The Morgan fingerprint density at radius 1 is 1.16 bits per heavy atom. The topological polar surface area (TPSA) is 41.5 Å². The van der Waals surface area contributed by atoms with Crippen molar-refractivity contribution in [2.75, 3.05) is 26.3 Å². The molecule has 1 atom stereocenters. The minimum atomic E-state index is -0.348. The van der Waals surface area contributed by atoms with Crippen molar-refractivity contribution in [1.82, 2.24) is 5.32 Å². The molecule has 1 fully saturated rings. The van der Waals surface area contributed by atoms with Crippen LogP contribution in [0.2, 0.25) is 0 Å². The highest BCUT2D eigenvalue weighted by atomic mass is 16.5. The summed E-state index contributed by atoms with van der Waals surface area (Å²) in [6.45, 7) is 5.22. The number of aliphatic hydroxyl groups excluding tert-OH is 1. The molecule has 2 N–H and O–H groups in total. The third-order valence-corrected chi connectivity index (χ3v) is 3.76. The van der Waals surface area contributed by atoms with Gasteiger partial charge in [0.2, 0.25) is 0 Å². The lowest BCUT2D eigenvalue weighted by molar-refractivity contribution is 0.0355. The van der Waals surface area contributed by atoms with E-state index in [1.807, 2.05) is 0 Å². The molecule has 1 aliphatic rings. The van der Waals surface area contributed by atoms with Gasteiger partial charge in [0, 0.05) is 13.2 Å². The van der Waals surface area contributed by atoms with Crippen molar-refractivity contribution in [1.29, 1.82) is 0 Å². The first kappa shape index (κ1) is 16.9. The van der Waals surface area contributed by atoms with Crippen LogP contribution in [-0.2, 0) is 4.74 Å². The van der Waals surface area contributed by atoms with Gasteiger partial charge in [-0.15, -0.1) is 0 Å². The molecular weight excluding hydrogens is 238 g/mol. The fourth-order valence-electron chi connectivity index (χ4n) is 2.24. The van der Waals surface area contributed by atoms with Crippen molar-refractivity contribution in [3.8, 4) is 0 Å². The zero-order chi connectivity index (χ0) is 13.8. The highest BCUT2D eigenvalue weighted by Crippen LogP contribution is 2.31. The molecule has 0 spiro atoms. The van der Waals surface area contributed by atoms with Gasteiger partial charge in [-0.25, -0.2) is 0 Å². The summed E-state index contributed by atoms with van der Waals surface area (Å²) in [5, 5.41) is 13.0. The maximum Gasteiger partial charge on any atom is 0.0897 e. The van der Waals surface area contributed by atoms with Gasteiger partial charge < -0.3 is 15.2 Å². The molecule has 3 heteroatoms. The van der Waals surface area contributed by atoms with Gasteiger partial charge in [0.1, 0.15) is 0 Å². The smallest absolute Gasteiger partial charge is 0.0897 e. The van der Waals surface area contributed by atoms with Gasteiger partial charge in [0.15, 0.2) is 0 Å². The molecule has 0 heterocycles. The van der Waals surface area contributed by atoms with Crippen LogP contribution >= 0.6 is 0 Å². The first-order chi connectivity index (χ1) is 9.33. The monoisotopic (exact) mass is 271 g/mol. The third-order valence-electron chi connectivity index (χ3n) is 3.76. The molecule has 0 aromatic carbocycles. The lowest BCUT2D eigenvalue weighted by Gasteiger charge is -2.12. The second kappa shape index (κ2) is 11.7. The van der Waals surface area contributed by atoms with Gasteiger partial charge in [-0.1, -0.05) is 51.9 Å². The minimum Gasteiger partial charge on any atom is -0.389 e. The van der Waals surface area contributed by atoms with Crippen molar-refractivity contribution < 1.29 is 9.84 Å². The summed E-state index contributed by atoms with van der Waals surface area (Å²) in [7, 11) is 0. The summed E-state index contributed by atoms with van der Waals surface area (Å²) in [5.74, 6) is 0.966. The van der Waals surface area contributed by atoms with Crippen LogP contribution in [0.25, 0.3) is 0 Å². The summed E-state index contributed by atoms with van der Waals surface area (Å²) in [6, 6.07) is 0. The molecule has 114 valence electrons. The SMILES string of the molecule is CCCCCCCCOCC(O)CNCCC1CC1. The Hall–Kier alpha value is -0.120. The molecule has 0 aliphatic heterocycles.